The van der Waals surface area contributed by atoms with E-state index < -0.39 is 25.1 Å². The number of hydrogen-bond donors (Lipinski definition) is 0. The Hall–Kier alpha value is -0.990. The number of rotatable bonds is 3. The van der Waals surface area contributed by atoms with Crippen LogP contribution < -0.4 is 0 Å². The van der Waals surface area contributed by atoms with Crippen LogP contribution in [0.1, 0.15) is 20.3 Å². The molecule has 0 spiro atoms. The molecule has 0 amide bonds. The van der Waals surface area contributed by atoms with Crippen LogP contribution in [0.4, 0.5) is 3.89 Å². The van der Waals surface area contributed by atoms with Gasteiger partial charge in [0.15, 0.2) is 0 Å². The molecule has 1 aliphatic rings. The number of benzene rings is 1. The van der Waals surface area contributed by atoms with Crippen LogP contribution in [0.5, 0.6) is 0 Å². The lowest BCUT2D eigenvalue weighted by molar-refractivity contribution is 0.222. The summed E-state index contributed by atoms with van der Waals surface area (Å²) in [5, 5.41) is 0. The molecule has 1 saturated heterocycles. The van der Waals surface area contributed by atoms with Crippen molar-refractivity contribution in [2.24, 2.45) is 11.8 Å². The molecule has 118 valence electrons. The molecular weight excluding hydrogens is 317 g/mol. The van der Waals surface area contributed by atoms with Crippen molar-refractivity contribution in [2.75, 3.05) is 13.1 Å². The van der Waals surface area contributed by atoms with Crippen LogP contribution in [-0.4, -0.2) is 34.2 Å². The molecule has 0 radical (unpaired) electrons. The first-order valence-electron chi connectivity index (χ1n) is 6.65. The third kappa shape index (κ3) is 3.61. The zero-order valence-corrected chi connectivity index (χ0v) is 13.5. The summed E-state index contributed by atoms with van der Waals surface area (Å²) >= 11 is 0. The van der Waals surface area contributed by atoms with Gasteiger partial charge in [-0.1, -0.05) is 19.9 Å². The molecule has 2 rings (SSSR count). The topological polar surface area (TPSA) is 71.5 Å². The minimum absolute atomic E-state index is 0.192. The Balaban J connectivity index is 2.40. The maximum absolute atomic E-state index is 13.0. The first-order chi connectivity index (χ1) is 9.60. The Bertz CT molecular complexity index is 720. The molecule has 0 bridgehead atoms. The highest BCUT2D eigenvalue weighted by molar-refractivity contribution is 7.89. The van der Waals surface area contributed by atoms with Gasteiger partial charge in [0.2, 0.25) is 10.0 Å². The van der Waals surface area contributed by atoms with Gasteiger partial charge in [0.1, 0.15) is 0 Å². The van der Waals surface area contributed by atoms with Gasteiger partial charge in [-0.15, -0.1) is 3.89 Å². The maximum Gasteiger partial charge on any atom is 0.332 e. The Kier molecular flexibility index (Phi) is 4.41. The van der Waals surface area contributed by atoms with Gasteiger partial charge in [-0.2, -0.15) is 12.7 Å². The lowest BCUT2D eigenvalue weighted by atomic mass is 9.94. The number of halogens is 1. The average molecular weight is 335 g/mol. The minimum Gasteiger partial charge on any atom is -0.207 e. The first-order valence-corrected chi connectivity index (χ1v) is 9.48. The van der Waals surface area contributed by atoms with E-state index in [2.05, 4.69) is 0 Å². The van der Waals surface area contributed by atoms with Crippen LogP contribution in [-0.2, 0) is 20.2 Å². The van der Waals surface area contributed by atoms with Crippen LogP contribution in [0.2, 0.25) is 0 Å². The van der Waals surface area contributed by atoms with E-state index in [0.717, 1.165) is 18.6 Å². The summed E-state index contributed by atoms with van der Waals surface area (Å²) in [6, 6.07) is 4.43. The fourth-order valence-corrected chi connectivity index (χ4v) is 5.05. The number of piperidine rings is 1. The molecule has 8 heteroatoms. The molecule has 1 aromatic rings. The van der Waals surface area contributed by atoms with E-state index in [1.807, 2.05) is 13.8 Å². The predicted octanol–water partition coefficient (Wildman–Crippen LogP) is 2.01. The third-order valence-electron chi connectivity index (χ3n) is 3.56. The zero-order chi connectivity index (χ0) is 15.8. The van der Waals surface area contributed by atoms with Gasteiger partial charge >= 0.3 is 10.2 Å². The summed E-state index contributed by atoms with van der Waals surface area (Å²) < 4.78 is 61.3. The van der Waals surface area contributed by atoms with Gasteiger partial charge < -0.3 is 0 Å². The van der Waals surface area contributed by atoms with Crippen molar-refractivity contribution < 1.29 is 20.7 Å². The molecule has 1 heterocycles. The van der Waals surface area contributed by atoms with Gasteiger partial charge in [0, 0.05) is 13.1 Å². The van der Waals surface area contributed by atoms with Crippen molar-refractivity contribution in [1.82, 2.24) is 4.31 Å². The monoisotopic (exact) mass is 335 g/mol. The maximum atomic E-state index is 13.0. The van der Waals surface area contributed by atoms with Gasteiger partial charge in [-0.05, 0) is 36.5 Å². The number of sulfonamides is 1. The van der Waals surface area contributed by atoms with Crippen LogP contribution >= 0.6 is 0 Å². The molecule has 0 saturated carbocycles. The van der Waals surface area contributed by atoms with E-state index in [0.29, 0.717) is 13.1 Å². The third-order valence-corrected chi connectivity index (χ3v) is 6.20. The largest absolute Gasteiger partial charge is 0.332 e. The quantitative estimate of drug-likeness (QED) is 0.792. The molecule has 1 aromatic carbocycles. The van der Waals surface area contributed by atoms with Crippen LogP contribution in [0, 0.1) is 11.8 Å². The number of nitrogens with zero attached hydrogens (tertiary/aromatic N) is 1. The second-order valence-electron chi connectivity index (χ2n) is 5.68. The van der Waals surface area contributed by atoms with Crippen molar-refractivity contribution in [3.05, 3.63) is 24.3 Å². The first kappa shape index (κ1) is 16.4. The van der Waals surface area contributed by atoms with Crippen LogP contribution in [0.25, 0.3) is 0 Å². The average Bonchev–Trinajstić information content (AvgIpc) is 2.36. The van der Waals surface area contributed by atoms with Crippen molar-refractivity contribution >= 4 is 20.2 Å². The second kappa shape index (κ2) is 5.66. The molecule has 1 fully saturated rings. The Morgan fingerprint density at radius 1 is 1.05 bits per heavy atom. The summed E-state index contributed by atoms with van der Waals surface area (Å²) in [5.74, 6) is 0.466. The van der Waals surface area contributed by atoms with Gasteiger partial charge in [0.05, 0.1) is 9.79 Å². The predicted molar refractivity (Wildman–Crippen MR) is 76.4 cm³/mol. The summed E-state index contributed by atoms with van der Waals surface area (Å²) in [7, 11) is -8.73. The van der Waals surface area contributed by atoms with Gasteiger partial charge in [-0.3, -0.25) is 0 Å². The van der Waals surface area contributed by atoms with E-state index in [1.54, 1.807) is 0 Å². The SMILES string of the molecule is CC1CC(C)CN(S(=O)(=O)c2cccc(S(=O)(=O)F)c2)C1. The molecule has 2 atom stereocenters. The molecule has 21 heavy (non-hydrogen) atoms. The van der Waals surface area contributed by atoms with Crippen molar-refractivity contribution in [3.63, 3.8) is 0 Å². The molecule has 2 unspecified atom stereocenters. The Morgan fingerprint density at radius 3 is 2.10 bits per heavy atom. The van der Waals surface area contributed by atoms with Crippen molar-refractivity contribution in [2.45, 2.75) is 30.1 Å². The molecule has 0 aromatic heterocycles. The lowest BCUT2D eigenvalue weighted by Gasteiger charge is -2.34. The van der Waals surface area contributed by atoms with E-state index in [9.17, 15) is 20.7 Å². The Morgan fingerprint density at radius 2 is 1.57 bits per heavy atom. The van der Waals surface area contributed by atoms with Crippen molar-refractivity contribution in [3.8, 4) is 0 Å². The van der Waals surface area contributed by atoms with E-state index in [4.69, 9.17) is 0 Å². The molecule has 1 aliphatic heterocycles. The van der Waals surface area contributed by atoms with E-state index >= 15 is 0 Å². The highest BCUT2D eigenvalue weighted by Crippen LogP contribution is 2.27. The number of hydrogen-bond acceptors (Lipinski definition) is 4. The Labute approximate surface area is 125 Å². The van der Waals surface area contributed by atoms with Crippen LogP contribution in [0.3, 0.4) is 0 Å². The molecular formula is C13H18FNO4S2. The summed E-state index contributed by atoms with van der Waals surface area (Å²) in [6.07, 6.45) is 0.949. The fraction of sp³-hybridized carbons (Fsp3) is 0.538. The highest BCUT2D eigenvalue weighted by atomic mass is 32.3. The summed E-state index contributed by atoms with van der Waals surface area (Å²) in [6.45, 7) is 4.72. The zero-order valence-electron chi connectivity index (χ0n) is 11.9. The summed E-state index contributed by atoms with van der Waals surface area (Å²) in [4.78, 5) is -0.829. The highest BCUT2D eigenvalue weighted by Gasteiger charge is 2.32. The molecule has 5 nitrogen and oxygen atoms in total. The van der Waals surface area contributed by atoms with Crippen LogP contribution in [0.15, 0.2) is 34.1 Å². The van der Waals surface area contributed by atoms with Crippen molar-refractivity contribution in [1.29, 1.82) is 0 Å². The fourth-order valence-electron chi connectivity index (χ4n) is 2.74. The normalized spacial score (nSPS) is 24.9. The van der Waals surface area contributed by atoms with E-state index in [1.165, 1.54) is 16.4 Å². The molecule has 0 aliphatic carbocycles. The second-order valence-corrected chi connectivity index (χ2v) is 8.97. The summed E-state index contributed by atoms with van der Waals surface area (Å²) in [5.41, 5.74) is 0. The standard InChI is InChI=1S/C13H18FNO4S2/c1-10-6-11(2)9-15(8-10)21(18,19)13-5-3-4-12(7-13)20(14,16)17/h3-5,7,10-11H,6,8-9H2,1-2H3. The smallest absolute Gasteiger partial charge is 0.207 e. The lowest BCUT2D eigenvalue weighted by Crippen LogP contribution is -2.42. The van der Waals surface area contributed by atoms with Gasteiger partial charge in [0.25, 0.3) is 0 Å². The minimum atomic E-state index is -4.92. The van der Waals surface area contributed by atoms with E-state index in [-0.39, 0.29) is 16.7 Å². The molecule has 0 N–H and O–H groups in total. The van der Waals surface area contributed by atoms with Gasteiger partial charge in [-0.25, -0.2) is 8.42 Å².